The molecule has 0 aliphatic carbocycles. The summed E-state index contributed by atoms with van der Waals surface area (Å²) in [5.74, 6) is -0.415. The molecule has 1 aromatic rings. The number of halogens is 1. The Hall–Kier alpha value is -0.460. The smallest absolute Gasteiger partial charge is 0.269 e. The van der Waals surface area contributed by atoms with E-state index < -0.39 is 15.9 Å². The van der Waals surface area contributed by atoms with E-state index in [1.54, 1.807) is 12.1 Å². The summed E-state index contributed by atoms with van der Waals surface area (Å²) in [5.41, 5.74) is 0.444. The van der Waals surface area contributed by atoms with Crippen LogP contribution in [0, 0.1) is 0 Å². The molecule has 0 bridgehead atoms. The molecule has 0 radical (unpaired) electrons. The molecule has 0 aliphatic rings. The van der Waals surface area contributed by atoms with Gasteiger partial charge >= 0.3 is 0 Å². The molecule has 0 aromatic carbocycles. The molecule has 12 heavy (non-hydrogen) atoms. The van der Waals surface area contributed by atoms with E-state index in [1.165, 1.54) is 6.20 Å². The molecule has 0 amide bonds. The van der Waals surface area contributed by atoms with Crippen molar-refractivity contribution < 1.29 is 13.0 Å². The summed E-state index contributed by atoms with van der Waals surface area (Å²) in [6.07, 6.45) is 1.53. The van der Waals surface area contributed by atoms with Crippen LogP contribution in [0.15, 0.2) is 22.9 Å². The van der Waals surface area contributed by atoms with Crippen molar-refractivity contribution in [1.82, 2.24) is 4.98 Å². The summed E-state index contributed by atoms with van der Waals surface area (Å²) >= 11 is 3.06. The van der Waals surface area contributed by atoms with Gasteiger partial charge in [-0.2, -0.15) is 8.42 Å². The zero-order valence-corrected chi connectivity index (χ0v) is 8.34. The fourth-order valence-corrected chi connectivity index (χ4v) is 1.93. The molecule has 6 heteroatoms. The van der Waals surface area contributed by atoms with Gasteiger partial charge in [0.25, 0.3) is 10.1 Å². The van der Waals surface area contributed by atoms with Gasteiger partial charge in [-0.15, -0.1) is 0 Å². The summed E-state index contributed by atoms with van der Waals surface area (Å²) in [5, 5.41) is 0. The number of hydrogen-bond donors (Lipinski definition) is 1. The van der Waals surface area contributed by atoms with Gasteiger partial charge in [0.05, 0.1) is 0 Å². The highest BCUT2D eigenvalue weighted by molar-refractivity contribution is 9.10. The standard InChI is InChI=1S/C6H6BrNO3S/c7-6-5(2-1-3-8-6)4-12(9,10)11/h1-3H,4H2,(H,9,10,11). The zero-order chi connectivity index (χ0) is 9.19. The monoisotopic (exact) mass is 251 g/mol. The van der Waals surface area contributed by atoms with Crippen LogP contribution in [-0.4, -0.2) is 18.0 Å². The van der Waals surface area contributed by atoms with E-state index in [0.717, 1.165) is 0 Å². The Kier molecular flexibility index (Phi) is 2.81. The molecule has 1 heterocycles. The van der Waals surface area contributed by atoms with E-state index in [9.17, 15) is 8.42 Å². The van der Waals surface area contributed by atoms with Crippen LogP contribution in [0.25, 0.3) is 0 Å². The highest BCUT2D eigenvalue weighted by Crippen LogP contribution is 2.14. The Morgan fingerprint density at radius 2 is 2.25 bits per heavy atom. The van der Waals surface area contributed by atoms with Gasteiger partial charge in [0, 0.05) is 11.8 Å². The van der Waals surface area contributed by atoms with Gasteiger partial charge in [-0.05, 0) is 22.0 Å². The molecule has 1 aromatic heterocycles. The largest absolute Gasteiger partial charge is 0.285 e. The molecule has 0 aliphatic heterocycles. The van der Waals surface area contributed by atoms with Crippen LogP contribution < -0.4 is 0 Å². The van der Waals surface area contributed by atoms with Crippen molar-refractivity contribution in [3.05, 3.63) is 28.5 Å². The fourth-order valence-electron chi connectivity index (χ4n) is 0.724. The van der Waals surface area contributed by atoms with Gasteiger partial charge in [-0.3, -0.25) is 4.55 Å². The average Bonchev–Trinajstić information content (AvgIpc) is 1.91. The topological polar surface area (TPSA) is 67.3 Å². The third-order valence-electron chi connectivity index (χ3n) is 1.17. The van der Waals surface area contributed by atoms with Crippen LogP contribution in [0.1, 0.15) is 5.56 Å². The van der Waals surface area contributed by atoms with Crippen LogP contribution >= 0.6 is 15.9 Å². The van der Waals surface area contributed by atoms with Crippen molar-refractivity contribution in [2.45, 2.75) is 5.75 Å². The van der Waals surface area contributed by atoms with E-state index in [2.05, 4.69) is 20.9 Å². The van der Waals surface area contributed by atoms with Crippen molar-refractivity contribution in [3.8, 4) is 0 Å². The lowest BCUT2D eigenvalue weighted by atomic mass is 10.3. The van der Waals surface area contributed by atoms with Gasteiger partial charge in [0.15, 0.2) is 0 Å². The molecule has 0 atom stereocenters. The minimum atomic E-state index is -3.97. The van der Waals surface area contributed by atoms with E-state index in [4.69, 9.17) is 4.55 Å². The number of pyridine rings is 1. The Morgan fingerprint density at radius 1 is 1.58 bits per heavy atom. The Morgan fingerprint density at radius 3 is 2.75 bits per heavy atom. The lowest BCUT2D eigenvalue weighted by molar-refractivity contribution is 0.482. The molecule has 0 saturated carbocycles. The predicted octanol–water partition coefficient (Wildman–Crippen LogP) is 1.23. The van der Waals surface area contributed by atoms with Gasteiger partial charge in [0.2, 0.25) is 0 Å². The fraction of sp³-hybridized carbons (Fsp3) is 0.167. The van der Waals surface area contributed by atoms with Crippen molar-refractivity contribution in [3.63, 3.8) is 0 Å². The SMILES string of the molecule is O=S(=O)(O)Cc1cccnc1Br. The van der Waals surface area contributed by atoms with Gasteiger partial charge in [0.1, 0.15) is 10.4 Å². The van der Waals surface area contributed by atoms with E-state index in [1.807, 2.05) is 0 Å². The van der Waals surface area contributed by atoms with Crippen molar-refractivity contribution in [2.24, 2.45) is 0 Å². The second-order valence-electron chi connectivity index (χ2n) is 2.18. The van der Waals surface area contributed by atoms with Crippen LogP contribution in [0.5, 0.6) is 0 Å². The van der Waals surface area contributed by atoms with E-state index in [-0.39, 0.29) is 0 Å². The van der Waals surface area contributed by atoms with Gasteiger partial charge in [-0.25, -0.2) is 4.98 Å². The molecule has 1 rings (SSSR count). The molecule has 4 nitrogen and oxygen atoms in total. The summed E-state index contributed by atoms with van der Waals surface area (Å²) in [6, 6.07) is 3.18. The first kappa shape index (κ1) is 9.63. The molecule has 1 N–H and O–H groups in total. The maximum atomic E-state index is 10.5. The third-order valence-corrected chi connectivity index (χ3v) is 2.56. The molecule has 0 spiro atoms. The molecular formula is C6H6BrNO3S. The summed E-state index contributed by atoms with van der Waals surface area (Å²) in [7, 11) is -3.97. The first-order valence-electron chi connectivity index (χ1n) is 3.03. The molecule has 0 fully saturated rings. The maximum Gasteiger partial charge on any atom is 0.269 e. The van der Waals surface area contributed by atoms with E-state index >= 15 is 0 Å². The first-order chi connectivity index (χ1) is 5.49. The van der Waals surface area contributed by atoms with Crippen molar-refractivity contribution in [2.75, 3.05) is 0 Å². The number of aromatic nitrogens is 1. The van der Waals surface area contributed by atoms with Crippen LogP contribution in [0.4, 0.5) is 0 Å². The van der Waals surface area contributed by atoms with Crippen LogP contribution in [-0.2, 0) is 15.9 Å². The lowest BCUT2D eigenvalue weighted by Crippen LogP contribution is -2.02. The lowest BCUT2D eigenvalue weighted by Gasteiger charge is -1.99. The zero-order valence-electron chi connectivity index (χ0n) is 5.94. The third kappa shape index (κ3) is 2.88. The maximum absolute atomic E-state index is 10.5. The van der Waals surface area contributed by atoms with Crippen molar-refractivity contribution in [1.29, 1.82) is 0 Å². The van der Waals surface area contributed by atoms with Crippen LogP contribution in [0.2, 0.25) is 0 Å². The summed E-state index contributed by atoms with van der Waals surface area (Å²) < 4.78 is 29.9. The number of hydrogen-bond acceptors (Lipinski definition) is 3. The Bertz CT molecular complexity index is 376. The minimum absolute atomic E-state index is 0.415. The highest BCUT2D eigenvalue weighted by atomic mass is 79.9. The quantitative estimate of drug-likeness (QED) is 0.635. The molecule has 0 saturated heterocycles. The Labute approximate surface area is 78.5 Å². The minimum Gasteiger partial charge on any atom is -0.285 e. The van der Waals surface area contributed by atoms with Crippen molar-refractivity contribution >= 4 is 26.0 Å². The number of nitrogens with zero attached hydrogens (tertiary/aromatic N) is 1. The van der Waals surface area contributed by atoms with Gasteiger partial charge < -0.3 is 0 Å². The molecule has 66 valence electrons. The second kappa shape index (κ2) is 3.51. The van der Waals surface area contributed by atoms with Gasteiger partial charge in [-0.1, -0.05) is 6.07 Å². The molecular weight excluding hydrogens is 246 g/mol. The summed E-state index contributed by atoms with van der Waals surface area (Å²) in [4.78, 5) is 3.80. The first-order valence-corrected chi connectivity index (χ1v) is 5.44. The molecule has 0 unspecified atom stereocenters. The Balaban J connectivity index is 2.98. The number of rotatable bonds is 2. The normalized spacial score (nSPS) is 11.5. The highest BCUT2D eigenvalue weighted by Gasteiger charge is 2.09. The average molecular weight is 252 g/mol. The van der Waals surface area contributed by atoms with Crippen LogP contribution in [0.3, 0.4) is 0 Å². The predicted molar refractivity (Wildman–Crippen MR) is 47.2 cm³/mol. The summed E-state index contributed by atoms with van der Waals surface area (Å²) in [6.45, 7) is 0. The van der Waals surface area contributed by atoms with E-state index in [0.29, 0.717) is 10.2 Å². The second-order valence-corrected chi connectivity index (χ2v) is 4.38.